The Balaban J connectivity index is 2.56. The zero-order valence-electron chi connectivity index (χ0n) is 10.8. The second-order valence-electron chi connectivity index (χ2n) is 4.51. The molecule has 2 rings (SSSR count). The summed E-state index contributed by atoms with van der Waals surface area (Å²) < 4.78 is 3.82. The largest absolute Gasteiger partial charge is 0.383 e. The molecule has 0 spiro atoms. The summed E-state index contributed by atoms with van der Waals surface area (Å²) in [6.07, 6.45) is 3.73. The Bertz CT molecular complexity index is 521. The summed E-state index contributed by atoms with van der Waals surface area (Å²) in [5.74, 6) is 2.12. The zero-order chi connectivity index (χ0) is 12.6. The highest BCUT2D eigenvalue weighted by Gasteiger charge is 2.17. The highest BCUT2D eigenvalue weighted by Crippen LogP contribution is 2.28. The lowest BCUT2D eigenvalue weighted by Gasteiger charge is -2.08. The van der Waals surface area contributed by atoms with Gasteiger partial charge >= 0.3 is 0 Å². The average molecular weight is 233 g/mol. The van der Waals surface area contributed by atoms with Gasteiger partial charge in [0.2, 0.25) is 0 Å². The van der Waals surface area contributed by atoms with Crippen LogP contribution in [0.1, 0.15) is 32.5 Å². The van der Waals surface area contributed by atoms with E-state index in [4.69, 9.17) is 5.73 Å². The predicted octanol–water partition coefficient (Wildman–Crippen LogP) is 2.01. The fraction of sp³-hybridized carbons (Fsp3) is 0.500. The van der Waals surface area contributed by atoms with Gasteiger partial charge in [-0.05, 0) is 6.92 Å². The first kappa shape index (κ1) is 11.7. The minimum absolute atomic E-state index is 0.364. The summed E-state index contributed by atoms with van der Waals surface area (Å²) in [7, 11) is 1.89. The van der Waals surface area contributed by atoms with Gasteiger partial charge in [-0.3, -0.25) is 4.68 Å². The Morgan fingerprint density at radius 3 is 2.53 bits per heavy atom. The number of hydrogen-bond donors (Lipinski definition) is 1. The van der Waals surface area contributed by atoms with Crippen molar-refractivity contribution in [3.63, 3.8) is 0 Å². The van der Waals surface area contributed by atoms with Gasteiger partial charge in [0.15, 0.2) is 0 Å². The Morgan fingerprint density at radius 1 is 1.41 bits per heavy atom. The summed E-state index contributed by atoms with van der Waals surface area (Å²) in [5, 5.41) is 4.16. The summed E-state index contributed by atoms with van der Waals surface area (Å²) in [4.78, 5) is 4.65. The van der Waals surface area contributed by atoms with Crippen molar-refractivity contribution in [1.82, 2.24) is 19.3 Å². The lowest BCUT2D eigenvalue weighted by Crippen LogP contribution is -2.06. The van der Waals surface area contributed by atoms with Crippen molar-refractivity contribution in [2.45, 2.75) is 33.2 Å². The van der Waals surface area contributed by atoms with Gasteiger partial charge in [-0.25, -0.2) is 4.98 Å². The second kappa shape index (κ2) is 4.24. The van der Waals surface area contributed by atoms with E-state index in [1.54, 1.807) is 10.9 Å². The molecule has 0 unspecified atom stereocenters. The Kier molecular flexibility index (Phi) is 2.92. The third kappa shape index (κ3) is 1.92. The van der Waals surface area contributed by atoms with Gasteiger partial charge in [0.05, 0.1) is 6.20 Å². The maximum atomic E-state index is 6.16. The van der Waals surface area contributed by atoms with Crippen molar-refractivity contribution in [3.05, 3.63) is 18.2 Å². The van der Waals surface area contributed by atoms with Crippen LogP contribution in [-0.4, -0.2) is 19.3 Å². The molecule has 0 atom stereocenters. The van der Waals surface area contributed by atoms with E-state index in [1.807, 2.05) is 13.2 Å². The molecule has 0 aliphatic rings. The average Bonchev–Trinajstić information content (AvgIpc) is 2.82. The maximum absolute atomic E-state index is 6.16. The molecule has 2 heterocycles. The van der Waals surface area contributed by atoms with E-state index in [0.29, 0.717) is 5.92 Å². The van der Waals surface area contributed by atoms with Gasteiger partial charge in [-0.15, -0.1) is 0 Å². The van der Waals surface area contributed by atoms with E-state index in [2.05, 4.69) is 35.4 Å². The van der Waals surface area contributed by atoms with E-state index in [0.717, 1.165) is 29.4 Å². The zero-order valence-corrected chi connectivity index (χ0v) is 10.8. The molecule has 5 nitrogen and oxygen atoms in total. The SMILES string of the molecule is CCn1c(C(C)C)nc(-c2cnn(C)c2)c1N. The highest BCUT2D eigenvalue weighted by molar-refractivity contribution is 5.70. The minimum atomic E-state index is 0.364. The molecule has 0 saturated heterocycles. The molecule has 0 saturated carbocycles. The monoisotopic (exact) mass is 233 g/mol. The lowest BCUT2D eigenvalue weighted by molar-refractivity contribution is 0.658. The molecule has 0 fully saturated rings. The number of nitrogen functional groups attached to an aromatic ring is 1. The van der Waals surface area contributed by atoms with Gasteiger partial charge < -0.3 is 10.3 Å². The molecule has 0 bridgehead atoms. The maximum Gasteiger partial charge on any atom is 0.131 e. The van der Waals surface area contributed by atoms with Crippen LogP contribution in [0.4, 0.5) is 5.82 Å². The van der Waals surface area contributed by atoms with Crippen LogP contribution < -0.4 is 5.73 Å². The quantitative estimate of drug-likeness (QED) is 0.882. The Hall–Kier alpha value is -1.78. The third-order valence-corrected chi connectivity index (χ3v) is 2.85. The highest BCUT2D eigenvalue weighted by atomic mass is 15.2. The standard InChI is InChI=1S/C12H19N5/c1-5-17-11(13)10(15-12(17)8(2)3)9-6-14-16(4)7-9/h6-8H,5,13H2,1-4H3. The number of aromatic nitrogens is 4. The fourth-order valence-electron chi connectivity index (χ4n) is 2.01. The van der Waals surface area contributed by atoms with Gasteiger partial charge in [0.1, 0.15) is 17.3 Å². The van der Waals surface area contributed by atoms with E-state index in [9.17, 15) is 0 Å². The topological polar surface area (TPSA) is 61.7 Å². The van der Waals surface area contributed by atoms with E-state index in [-0.39, 0.29) is 0 Å². The van der Waals surface area contributed by atoms with Crippen molar-refractivity contribution in [2.75, 3.05) is 5.73 Å². The minimum Gasteiger partial charge on any atom is -0.383 e. The first-order valence-electron chi connectivity index (χ1n) is 5.89. The molecule has 0 aliphatic carbocycles. The molecule has 2 N–H and O–H groups in total. The van der Waals surface area contributed by atoms with Crippen LogP contribution in [0.25, 0.3) is 11.3 Å². The van der Waals surface area contributed by atoms with E-state index in [1.165, 1.54) is 0 Å². The van der Waals surface area contributed by atoms with Crippen molar-refractivity contribution >= 4 is 5.82 Å². The molecule has 5 heteroatoms. The molecule has 0 radical (unpaired) electrons. The van der Waals surface area contributed by atoms with E-state index >= 15 is 0 Å². The van der Waals surface area contributed by atoms with Crippen molar-refractivity contribution in [3.8, 4) is 11.3 Å². The third-order valence-electron chi connectivity index (χ3n) is 2.85. The molecule has 0 amide bonds. The molecule has 92 valence electrons. The molecular weight excluding hydrogens is 214 g/mol. The normalized spacial score (nSPS) is 11.4. The van der Waals surface area contributed by atoms with Gasteiger partial charge in [-0.2, -0.15) is 5.10 Å². The number of anilines is 1. The van der Waals surface area contributed by atoms with Gasteiger partial charge in [0, 0.05) is 31.3 Å². The number of imidazole rings is 1. The summed E-state index contributed by atoms with van der Waals surface area (Å²) in [5.41, 5.74) is 7.97. The number of hydrogen-bond acceptors (Lipinski definition) is 3. The van der Waals surface area contributed by atoms with Crippen molar-refractivity contribution in [2.24, 2.45) is 7.05 Å². The van der Waals surface area contributed by atoms with Crippen molar-refractivity contribution in [1.29, 1.82) is 0 Å². The summed E-state index contributed by atoms with van der Waals surface area (Å²) in [6.45, 7) is 7.17. The first-order valence-corrected chi connectivity index (χ1v) is 5.89. The van der Waals surface area contributed by atoms with Crippen LogP contribution in [-0.2, 0) is 13.6 Å². The van der Waals surface area contributed by atoms with Crippen LogP contribution >= 0.6 is 0 Å². The smallest absolute Gasteiger partial charge is 0.131 e. The number of rotatable bonds is 3. The van der Waals surface area contributed by atoms with E-state index < -0.39 is 0 Å². The number of nitrogens with two attached hydrogens (primary N) is 1. The molecule has 2 aromatic rings. The molecule has 2 aromatic heterocycles. The molecular formula is C12H19N5. The Morgan fingerprint density at radius 2 is 2.12 bits per heavy atom. The van der Waals surface area contributed by atoms with Crippen LogP contribution in [0, 0.1) is 0 Å². The van der Waals surface area contributed by atoms with Crippen LogP contribution in [0.5, 0.6) is 0 Å². The molecule has 0 aliphatic heterocycles. The summed E-state index contributed by atoms with van der Waals surface area (Å²) >= 11 is 0. The van der Waals surface area contributed by atoms with Crippen LogP contribution in [0.3, 0.4) is 0 Å². The molecule has 0 aromatic carbocycles. The van der Waals surface area contributed by atoms with Crippen molar-refractivity contribution < 1.29 is 0 Å². The van der Waals surface area contributed by atoms with Crippen LogP contribution in [0.2, 0.25) is 0 Å². The van der Waals surface area contributed by atoms with Crippen LogP contribution in [0.15, 0.2) is 12.4 Å². The van der Waals surface area contributed by atoms with Gasteiger partial charge in [-0.1, -0.05) is 13.8 Å². The number of aryl methyl sites for hydroxylation is 1. The first-order chi connectivity index (χ1) is 8.04. The number of nitrogens with zero attached hydrogens (tertiary/aromatic N) is 4. The fourth-order valence-corrected chi connectivity index (χ4v) is 2.01. The molecule has 17 heavy (non-hydrogen) atoms. The Labute approximate surface area is 101 Å². The predicted molar refractivity (Wildman–Crippen MR) is 68.6 cm³/mol. The lowest BCUT2D eigenvalue weighted by atomic mass is 10.2. The second-order valence-corrected chi connectivity index (χ2v) is 4.51. The van der Waals surface area contributed by atoms with Gasteiger partial charge in [0.25, 0.3) is 0 Å². The summed E-state index contributed by atoms with van der Waals surface area (Å²) in [6, 6.07) is 0.